The minimum absolute atomic E-state index is 0.126. The summed E-state index contributed by atoms with van der Waals surface area (Å²) in [5, 5.41) is 8.91. The van der Waals surface area contributed by atoms with Crippen molar-refractivity contribution >= 4 is 35.5 Å². The first-order valence-electron chi connectivity index (χ1n) is 6.71. The Morgan fingerprint density at radius 2 is 1.43 bits per heavy atom. The van der Waals surface area contributed by atoms with Crippen molar-refractivity contribution in [3.05, 3.63) is 58.7 Å². The summed E-state index contributed by atoms with van der Waals surface area (Å²) in [4.78, 5) is 22.3. The first-order valence-corrected chi connectivity index (χ1v) is 6.71. The number of carboxylic acid groups (broad SMARTS) is 1. The maximum Gasteiger partial charge on any atom is 0.337 e. The molecule has 0 heterocycles. The van der Waals surface area contributed by atoms with E-state index >= 15 is 0 Å². The number of hydrogen-bond donors (Lipinski definition) is 3. The van der Waals surface area contributed by atoms with Crippen LogP contribution in [0.2, 0.25) is 0 Å². The lowest BCUT2D eigenvalue weighted by Gasteiger charge is -2.05. The molecule has 0 fully saturated rings. The van der Waals surface area contributed by atoms with E-state index in [2.05, 4.69) is 4.74 Å². The van der Waals surface area contributed by atoms with Gasteiger partial charge in [-0.2, -0.15) is 0 Å². The van der Waals surface area contributed by atoms with Crippen molar-refractivity contribution in [1.29, 1.82) is 0 Å². The van der Waals surface area contributed by atoms with Gasteiger partial charge in [0, 0.05) is 11.4 Å². The second kappa shape index (κ2) is 6.65. The molecular weight excluding hydrogens is 296 g/mol. The Hall–Kier alpha value is -3.28. The van der Waals surface area contributed by atoms with E-state index < -0.39 is 11.9 Å². The molecule has 0 saturated heterocycles. The van der Waals surface area contributed by atoms with Crippen molar-refractivity contribution in [1.82, 2.24) is 0 Å². The largest absolute Gasteiger partial charge is 0.478 e. The van der Waals surface area contributed by atoms with Crippen LogP contribution in [0.3, 0.4) is 0 Å². The molecule has 0 saturated carbocycles. The van der Waals surface area contributed by atoms with Crippen LogP contribution in [0.1, 0.15) is 31.8 Å². The molecule has 2 aromatic rings. The summed E-state index contributed by atoms with van der Waals surface area (Å²) >= 11 is 0. The Morgan fingerprint density at radius 1 is 0.957 bits per heavy atom. The molecule has 6 heteroatoms. The minimum atomic E-state index is -1.03. The molecule has 0 aliphatic carbocycles. The summed E-state index contributed by atoms with van der Waals surface area (Å²) in [5.41, 5.74) is 14.4. The number of esters is 1. The fourth-order valence-electron chi connectivity index (χ4n) is 2.01. The molecule has 0 radical (unpaired) electrons. The van der Waals surface area contributed by atoms with E-state index in [9.17, 15) is 9.59 Å². The summed E-state index contributed by atoms with van der Waals surface area (Å²) in [6, 6.07) is 9.32. The molecule has 0 atom stereocenters. The van der Waals surface area contributed by atoms with Crippen molar-refractivity contribution in [3.8, 4) is 0 Å². The van der Waals surface area contributed by atoms with Gasteiger partial charge in [-0.25, -0.2) is 9.59 Å². The average Bonchev–Trinajstić information content (AvgIpc) is 2.53. The molecule has 23 heavy (non-hydrogen) atoms. The zero-order chi connectivity index (χ0) is 17.0. The Bertz CT molecular complexity index is 797. The van der Waals surface area contributed by atoms with Crippen LogP contribution in [0, 0.1) is 0 Å². The van der Waals surface area contributed by atoms with Crippen molar-refractivity contribution in [3.63, 3.8) is 0 Å². The van der Waals surface area contributed by atoms with Crippen LogP contribution in [0.15, 0.2) is 36.4 Å². The smallest absolute Gasteiger partial charge is 0.337 e. The fraction of sp³-hybridized carbons (Fsp3) is 0.0588. The number of aromatic carboxylic acids is 1. The molecule has 0 spiro atoms. The van der Waals surface area contributed by atoms with Gasteiger partial charge < -0.3 is 21.3 Å². The maximum absolute atomic E-state index is 11.4. The number of anilines is 2. The number of rotatable bonds is 4. The van der Waals surface area contributed by atoms with E-state index in [0.717, 1.165) is 0 Å². The number of carboxylic acids is 1. The number of carbonyl (C=O) groups excluding carboxylic acids is 1. The van der Waals surface area contributed by atoms with Crippen molar-refractivity contribution in [2.75, 3.05) is 18.6 Å². The Kier molecular flexibility index (Phi) is 4.66. The number of nitrogen functional groups attached to an aromatic ring is 2. The molecule has 0 aromatic heterocycles. The van der Waals surface area contributed by atoms with Crippen molar-refractivity contribution < 1.29 is 19.4 Å². The third kappa shape index (κ3) is 3.68. The predicted octanol–water partition coefficient (Wildman–Crippen LogP) is 2.51. The second-order valence-electron chi connectivity index (χ2n) is 4.82. The van der Waals surface area contributed by atoms with Crippen LogP contribution < -0.4 is 11.5 Å². The summed E-state index contributed by atoms with van der Waals surface area (Å²) in [6.45, 7) is 0. The minimum Gasteiger partial charge on any atom is -0.478 e. The van der Waals surface area contributed by atoms with Gasteiger partial charge in [0.25, 0.3) is 0 Å². The monoisotopic (exact) mass is 312 g/mol. The lowest BCUT2D eigenvalue weighted by atomic mass is 10.1. The topological polar surface area (TPSA) is 116 Å². The van der Waals surface area contributed by atoms with Crippen LogP contribution in [0.5, 0.6) is 0 Å². The van der Waals surface area contributed by atoms with Gasteiger partial charge in [0.05, 0.1) is 18.2 Å². The highest BCUT2D eigenvalue weighted by molar-refractivity contribution is 5.92. The van der Waals surface area contributed by atoms with Gasteiger partial charge in [-0.15, -0.1) is 0 Å². The molecular formula is C17H16N2O4. The Labute approximate surface area is 133 Å². The number of hydrogen-bond acceptors (Lipinski definition) is 5. The van der Waals surface area contributed by atoms with E-state index in [1.54, 1.807) is 30.4 Å². The van der Waals surface area contributed by atoms with E-state index in [1.807, 2.05) is 0 Å². The first kappa shape index (κ1) is 16.1. The van der Waals surface area contributed by atoms with Gasteiger partial charge in [0.1, 0.15) is 0 Å². The second-order valence-corrected chi connectivity index (χ2v) is 4.82. The predicted molar refractivity (Wildman–Crippen MR) is 88.9 cm³/mol. The van der Waals surface area contributed by atoms with Crippen LogP contribution >= 0.6 is 0 Å². The van der Waals surface area contributed by atoms with Crippen LogP contribution in [-0.2, 0) is 4.74 Å². The number of ether oxygens (including phenoxy) is 1. The van der Waals surface area contributed by atoms with E-state index in [4.69, 9.17) is 16.6 Å². The standard InChI is InChI=1S/C17H16N2O4/c1-23-17(22)13-7-5-11(15(19)9-13)3-2-10-4-6-12(16(20)21)8-14(10)18/h2-9H,18-19H2,1H3,(H,20,21). The number of methoxy groups -OCH3 is 1. The summed E-state index contributed by atoms with van der Waals surface area (Å²) in [6.07, 6.45) is 3.47. The van der Waals surface area contributed by atoms with Gasteiger partial charge in [-0.05, 0) is 35.4 Å². The summed E-state index contributed by atoms with van der Waals surface area (Å²) in [5.74, 6) is -1.49. The van der Waals surface area contributed by atoms with E-state index in [0.29, 0.717) is 28.1 Å². The molecule has 5 N–H and O–H groups in total. The third-order valence-corrected chi connectivity index (χ3v) is 3.28. The van der Waals surface area contributed by atoms with Crippen molar-refractivity contribution in [2.24, 2.45) is 0 Å². The van der Waals surface area contributed by atoms with Gasteiger partial charge in [-0.3, -0.25) is 0 Å². The zero-order valence-corrected chi connectivity index (χ0v) is 12.4. The SMILES string of the molecule is COC(=O)c1ccc(C=Cc2ccc(C(=O)O)cc2N)c(N)c1. The lowest BCUT2D eigenvalue weighted by Crippen LogP contribution is -2.02. The molecule has 2 aromatic carbocycles. The van der Waals surface area contributed by atoms with E-state index in [1.165, 1.54) is 25.3 Å². The third-order valence-electron chi connectivity index (χ3n) is 3.28. The molecule has 0 amide bonds. The van der Waals surface area contributed by atoms with Crippen LogP contribution in [-0.4, -0.2) is 24.2 Å². The van der Waals surface area contributed by atoms with Gasteiger partial charge >= 0.3 is 11.9 Å². The highest BCUT2D eigenvalue weighted by atomic mass is 16.5. The fourth-order valence-corrected chi connectivity index (χ4v) is 2.01. The Morgan fingerprint density at radius 3 is 1.87 bits per heavy atom. The quantitative estimate of drug-likeness (QED) is 0.454. The number of nitrogens with two attached hydrogens (primary N) is 2. The van der Waals surface area contributed by atoms with E-state index in [-0.39, 0.29) is 5.56 Å². The molecule has 0 unspecified atom stereocenters. The van der Waals surface area contributed by atoms with Gasteiger partial charge in [0.15, 0.2) is 0 Å². The summed E-state index contributed by atoms with van der Waals surface area (Å²) in [7, 11) is 1.30. The molecule has 0 aliphatic heterocycles. The normalized spacial score (nSPS) is 10.7. The van der Waals surface area contributed by atoms with Crippen molar-refractivity contribution in [2.45, 2.75) is 0 Å². The molecule has 118 valence electrons. The lowest BCUT2D eigenvalue weighted by molar-refractivity contribution is 0.0600. The molecule has 0 bridgehead atoms. The molecule has 0 aliphatic rings. The highest BCUT2D eigenvalue weighted by Crippen LogP contribution is 2.21. The number of carbonyl (C=O) groups is 2. The zero-order valence-electron chi connectivity index (χ0n) is 12.4. The van der Waals surface area contributed by atoms with Gasteiger partial charge in [-0.1, -0.05) is 24.3 Å². The molecule has 6 nitrogen and oxygen atoms in total. The molecule has 2 rings (SSSR count). The number of benzene rings is 2. The van der Waals surface area contributed by atoms with Gasteiger partial charge in [0.2, 0.25) is 0 Å². The highest BCUT2D eigenvalue weighted by Gasteiger charge is 2.07. The Balaban J connectivity index is 2.27. The average molecular weight is 312 g/mol. The first-order chi connectivity index (χ1) is 10.9. The maximum atomic E-state index is 11.4. The van der Waals surface area contributed by atoms with Crippen LogP contribution in [0.25, 0.3) is 12.2 Å². The summed E-state index contributed by atoms with van der Waals surface area (Å²) < 4.78 is 4.63. The van der Waals surface area contributed by atoms with Crippen LogP contribution in [0.4, 0.5) is 11.4 Å².